The van der Waals surface area contributed by atoms with Gasteiger partial charge in [-0.2, -0.15) is 0 Å². The van der Waals surface area contributed by atoms with Gasteiger partial charge in [-0.3, -0.25) is 4.79 Å². The molecule has 2 rings (SSSR count). The van der Waals surface area contributed by atoms with Crippen LogP contribution in [-0.4, -0.2) is 16.9 Å². The molecule has 2 aromatic carbocycles. The first kappa shape index (κ1) is 24.3. The summed E-state index contributed by atoms with van der Waals surface area (Å²) in [6, 6.07) is 13.6. The fourth-order valence-corrected chi connectivity index (χ4v) is 2.38. The maximum Gasteiger partial charge on any atom is 0.335 e. The van der Waals surface area contributed by atoms with Crippen LogP contribution >= 0.6 is 0 Å². The van der Waals surface area contributed by atoms with E-state index in [0.717, 1.165) is 19.3 Å². The van der Waals surface area contributed by atoms with E-state index < -0.39 is 5.97 Å². The van der Waals surface area contributed by atoms with Crippen molar-refractivity contribution >= 4 is 11.8 Å². The summed E-state index contributed by atoms with van der Waals surface area (Å²) in [5.41, 5.74) is 3.43. The summed E-state index contributed by atoms with van der Waals surface area (Å²) in [6.45, 7) is 13.9. The maximum absolute atomic E-state index is 12.4. The molecule has 2 aromatic rings. The maximum atomic E-state index is 12.4. The minimum absolute atomic E-state index is 0.118. The zero-order valence-corrected chi connectivity index (χ0v) is 17.2. The summed E-state index contributed by atoms with van der Waals surface area (Å²) in [5.74, 6) is -1.20. The lowest BCUT2D eigenvalue weighted by Gasteiger charge is -2.05. The van der Waals surface area contributed by atoms with E-state index in [1.807, 2.05) is 46.8 Å². The molecule has 3 heteroatoms. The Morgan fingerprint density at radius 1 is 0.889 bits per heavy atom. The van der Waals surface area contributed by atoms with Crippen molar-refractivity contribution in [2.24, 2.45) is 0 Å². The molecule has 1 N–H and O–H groups in total. The average Bonchev–Trinajstić information content (AvgIpc) is 2.71. The second-order valence-corrected chi connectivity index (χ2v) is 5.72. The number of carbonyl (C=O) groups is 2. The number of allylic oxidation sites excluding steroid dienone is 1. The predicted octanol–water partition coefficient (Wildman–Crippen LogP) is 6.57. The number of ketones is 1. The van der Waals surface area contributed by atoms with Gasteiger partial charge in [-0.25, -0.2) is 4.79 Å². The fraction of sp³-hybridized carbons (Fsp3) is 0.333. The standard InChI is InChI=1S/C20H20O3.2C2H6/c1-14(2)5-3-6-15-9-11-16(12-10-15)19(21)17-7-4-8-18(13-17)20(22)23;2*1-2/h4,7-13H,1,3,5-6H2,2H3,(H,22,23);2*1-2H3. The molecule has 0 bridgehead atoms. The molecule has 0 aliphatic heterocycles. The normalized spacial score (nSPS) is 9.22. The third kappa shape index (κ3) is 8.50. The van der Waals surface area contributed by atoms with Gasteiger partial charge in [0.05, 0.1) is 5.56 Å². The summed E-state index contributed by atoms with van der Waals surface area (Å²) >= 11 is 0. The van der Waals surface area contributed by atoms with Crippen LogP contribution in [0.15, 0.2) is 60.7 Å². The fourth-order valence-electron chi connectivity index (χ4n) is 2.38. The molecule has 0 heterocycles. The topological polar surface area (TPSA) is 54.4 Å². The van der Waals surface area contributed by atoms with Gasteiger partial charge < -0.3 is 5.11 Å². The van der Waals surface area contributed by atoms with Crippen LogP contribution in [0.4, 0.5) is 0 Å². The molecule has 0 aromatic heterocycles. The highest BCUT2D eigenvalue weighted by Gasteiger charge is 2.11. The van der Waals surface area contributed by atoms with Crippen LogP contribution in [0.3, 0.4) is 0 Å². The Balaban J connectivity index is 0.00000158. The summed E-state index contributed by atoms with van der Waals surface area (Å²) in [7, 11) is 0. The van der Waals surface area contributed by atoms with E-state index in [1.54, 1.807) is 24.3 Å². The number of hydrogen-bond acceptors (Lipinski definition) is 2. The molecule has 0 saturated carbocycles. The van der Waals surface area contributed by atoms with Crippen molar-refractivity contribution in [2.75, 3.05) is 0 Å². The smallest absolute Gasteiger partial charge is 0.335 e. The Morgan fingerprint density at radius 3 is 1.96 bits per heavy atom. The number of carboxylic acid groups (broad SMARTS) is 1. The third-order valence-corrected chi connectivity index (χ3v) is 3.66. The third-order valence-electron chi connectivity index (χ3n) is 3.66. The number of aromatic carboxylic acids is 1. The van der Waals surface area contributed by atoms with Gasteiger partial charge in [0.2, 0.25) is 0 Å². The van der Waals surface area contributed by atoms with E-state index in [2.05, 4.69) is 6.58 Å². The highest BCUT2D eigenvalue weighted by atomic mass is 16.4. The molecule has 0 spiro atoms. The van der Waals surface area contributed by atoms with Crippen LogP contribution in [0.1, 0.15) is 79.3 Å². The monoisotopic (exact) mass is 368 g/mol. The van der Waals surface area contributed by atoms with Crippen LogP contribution in [0.25, 0.3) is 0 Å². The predicted molar refractivity (Wildman–Crippen MR) is 114 cm³/mol. The Hall–Kier alpha value is -2.68. The van der Waals surface area contributed by atoms with Crippen LogP contribution < -0.4 is 0 Å². The SMILES string of the molecule is C=C(C)CCCc1ccc(C(=O)c2cccc(C(=O)O)c2)cc1.CC.CC. The lowest BCUT2D eigenvalue weighted by atomic mass is 9.99. The highest BCUT2D eigenvalue weighted by Crippen LogP contribution is 2.15. The number of carboxylic acids is 1. The van der Waals surface area contributed by atoms with Gasteiger partial charge in [-0.15, -0.1) is 6.58 Å². The molecular weight excluding hydrogens is 336 g/mol. The molecule has 0 radical (unpaired) electrons. The Labute approximate surface area is 163 Å². The molecule has 27 heavy (non-hydrogen) atoms. The van der Waals surface area contributed by atoms with Gasteiger partial charge >= 0.3 is 5.97 Å². The van der Waals surface area contributed by atoms with E-state index in [1.165, 1.54) is 23.3 Å². The van der Waals surface area contributed by atoms with Crippen LogP contribution in [-0.2, 0) is 6.42 Å². The van der Waals surface area contributed by atoms with E-state index in [4.69, 9.17) is 5.11 Å². The molecule has 0 saturated heterocycles. The average molecular weight is 369 g/mol. The zero-order valence-electron chi connectivity index (χ0n) is 17.2. The van der Waals surface area contributed by atoms with Gasteiger partial charge in [0.15, 0.2) is 5.78 Å². The lowest BCUT2D eigenvalue weighted by Crippen LogP contribution is -2.04. The largest absolute Gasteiger partial charge is 0.478 e. The van der Waals surface area contributed by atoms with Crippen molar-refractivity contribution < 1.29 is 14.7 Å². The van der Waals surface area contributed by atoms with Crippen LogP contribution in [0, 0.1) is 0 Å². The van der Waals surface area contributed by atoms with E-state index >= 15 is 0 Å². The van der Waals surface area contributed by atoms with Gasteiger partial charge in [0, 0.05) is 11.1 Å². The number of hydrogen-bond donors (Lipinski definition) is 1. The van der Waals surface area contributed by atoms with E-state index in [0.29, 0.717) is 11.1 Å². The number of aryl methyl sites for hydroxylation is 1. The quantitative estimate of drug-likeness (QED) is 0.444. The molecule has 0 unspecified atom stereocenters. The van der Waals surface area contributed by atoms with Crippen molar-refractivity contribution in [3.8, 4) is 0 Å². The van der Waals surface area contributed by atoms with Crippen molar-refractivity contribution in [1.82, 2.24) is 0 Å². The number of benzene rings is 2. The number of carbonyl (C=O) groups excluding carboxylic acids is 1. The van der Waals surface area contributed by atoms with Gasteiger partial charge in [0.1, 0.15) is 0 Å². The summed E-state index contributed by atoms with van der Waals surface area (Å²) in [5, 5.41) is 9.00. The van der Waals surface area contributed by atoms with Crippen molar-refractivity contribution in [2.45, 2.75) is 53.9 Å². The Kier molecular flexibility index (Phi) is 12.2. The molecule has 0 fully saturated rings. The molecule has 0 amide bonds. The second-order valence-electron chi connectivity index (χ2n) is 5.72. The first-order valence-corrected chi connectivity index (χ1v) is 9.59. The van der Waals surface area contributed by atoms with Crippen LogP contribution in [0.5, 0.6) is 0 Å². The minimum Gasteiger partial charge on any atom is -0.478 e. The van der Waals surface area contributed by atoms with Crippen LogP contribution in [0.2, 0.25) is 0 Å². The summed E-state index contributed by atoms with van der Waals surface area (Å²) < 4.78 is 0. The molecule has 3 nitrogen and oxygen atoms in total. The summed E-state index contributed by atoms with van der Waals surface area (Å²) in [6.07, 6.45) is 3.00. The van der Waals surface area contributed by atoms with Crippen molar-refractivity contribution in [3.05, 3.63) is 82.9 Å². The molecule has 0 aliphatic rings. The first-order chi connectivity index (χ1) is 13.0. The zero-order chi connectivity index (χ0) is 20.8. The second kappa shape index (κ2) is 13.5. The summed E-state index contributed by atoms with van der Waals surface area (Å²) in [4.78, 5) is 23.4. The first-order valence-electron chi connectivity index (χ1n) is 9.59. The van der Waals surface area contributed by atoms with Gasteiger partial charge in [-0.1, -0.05) is 69.7 Å². The van der Waals surface area contributed by atoms with E-state index in [9.17, 15) is 9.59 Å². The molecular formula is C24H32O3. The molecule has 0 atom stereocenters. The van der Waals surface area contributed by atoms with Crippen molar-refractivity contribution in [1.29, 1.82) is 0 Å². The number of rotatable bonds is 7. The highest BCUT2D eigenvalue weighted by molar-refractivity contribution is 6.09. The molecule has 146 valence electrons. The minimum atomic E-state index is -1.03. The van der Waals surface area contributed by atoms with Gasteiger partial charge in [0.25, 0.3) is 0 Å². The lowest BCUT2D eigenvalue weighted by molar-refractivity contribution is 0.0697. The van der Waals surface area contributed by atoms with Gasteiger partial charge in [-0.05, 0) is 43.9 Å². The van der Waals surface area contributed by atoms with E-state index in [-0.39, 0.29) is 11.3 Å². The Morgan fingerprint density at radius 2 is 1.44 bits per heavy atom. The molecule has 0 aliphatic carbocycles. The van der Waals surface area contributed by atoms with Crippen molar-refractivity contribution in [3.63, 3.8) is 0 Å². The Bertz CT molecular complexity index is 728.